The fourth-order valence-electron chi connectivity index (χ4n) is 2.31. The van der Waals surface area contributed by atoms with Crippen LogP contribution >= 0.6 is 0 Å². The number of nitrogens with zero attached hydrogens (tertiary/aromatic N) is 1. The van der Waals surface area contributed by atoms with E-state index in [1.165, 1.54) is 6.92 Å². The molecule has 0 aromatic carbocycles. The van der Waals surface area contributed by atoms with Crippen molar-refractivity contribution in [1.82, 2.24) is 26.7 Å². The Morgan fingerprint density at radius 1 is 1.00 bits per heavy atom. The predicted molar refractivity (Wildman–Crippen MR) is 107 cm³/mol. The average molecular weight is 415 g/mol. The molecule has 0 aliphatic heterocycles. The largest absolute Gasteiger partial charge is 0.356 e. The molecule has 3 amide bonds. The van der Waals surface area contributed by atoms with Gasteiger partial charge in [-0.2, -0.15) is 0 Å². The lowest BCUT2D eigenvalue weighted by atomic mass is 10.1. The van der Waals surface area contributed by atoms with Crippen molar-refractivity contribution in [3.63, 3.8) is 0 Å². The Kier molecular flexibility index (Phi) is 13.5. The summed E-state index contributed by atoms with van der Waals surface area (Å²) in [4.78, 5) is 45.6. The maximum Gasteiger partial charge on any atom is 0.251 e. The number of hydrogen-bond donors (Lipinski definition) is 6. The fourth-order valence-corrected chi connectivity index (χ4v) is 2.31. The van der Waals surface area contributed by atoms with Gasteiger partial charge < -0.3 is 21.3 Å². The summed E-state index contributed by atoms with van der Waals surface area (Å²) in [5.74, 6) is -0.775. The minimum atomic E-state index is -0.846. The summed E-state index contributed by atoms with van der Waals surface area (Å²) in [5.41, 5.74) is 1.68. The van der Waals surface area contributed by atoms with Crippen molar-refractivity contribution in [2.75, 3.05) is 19.6 Å². The molecule has 0 bridgehead atoms. The molecule has 12 heteroatoms. The normalized spacial score (nSPS) is 11.3. The van der Waals surface area contributed by atoms with Gasteiger partial charge in [0.25, 0.3) is 5.96 Å². The molecule has 0 aromatic heterocycles. The Bertz CT molecular complexity index is 568. The number of carbonyl (C=O) groups is 3. The third-order valence-electron chi connectivity index (χ3n) is 3.80. The minimum Gasteiger partial charge on any atom is -0.356 e. The molecule has 0 radical (unpaired) electrons. The van der Waals surface area contributed by atoms with Crippen LogP contribution in [0.2, 0.25) is 0 Å². The molecule has 0 unspecified atom stereocenters. The van der Waals surface area contributed by atoms with Crippen LogP contribution in [0.5, 0.6) is 0 Å². The van der Waals surface area contributed by atoms with Gasteiger partial charge in [0.05, 0.1) is 0 Å². The van der Waals surface area contributed by atoms with Crippen molar-refractivity contribution in [2.24, 2.45) is 5.92 Å². The van der Waals surface area contributed by atoms with Crippen LogP contribution in [0.15, 0.2) is 0 Å². The molecule has 0 spiro atoms. The molecule has 12 nitrogen and oxygen atoms in total. The van der Waals surface area contributed by atoms with E-state index in [9.17, 15) is 24.5 Å². The number of nitrogens with one attached hydrogen (secondary N) is 6. The van der Waals surface area contributed by atoms with Crippen molar-refractivity contribution in [2.45, 2.75) is 58.9 Å². The highest BCUT2D eigenvalue weighted by Gasteiger charge is 2.20. The molecule has 1 atom stereocenters. The second kappa shape index (κ2) is 15.1. The first-order chi connectivity index (χ1) is 13.6. The predicted octanol–water partition coefficient (Wildman–Crippen LogP) is -0.364. The Morgan fingerprint density at radius 3 is 2.24 bits per heavy atom. The Morgan fingerprint density at radius 2 is 1.66 bits per heavy atom. The molecule has 0 fully saturated rings. The lowest BCUT2D eigenvalue weighted by Gasteiger charge is -2.19. The summed E-state index contributed by atoms with van der Waals surface area (Å²) < 4.78 is 0. The van der Waals surface area contributed by atoms with Gasteiger partial charge in [0, 0.05) is 33.0 Å². The summed E-state index contributed by atoms with van der Waals surface area (Å²) >= 11 is 0. The number of carbonyl (C=O) groups excluding carboxylic acids is 3. The topological polar surface area (TPSA) is 178 Å². The van der Waals surface area contributed by atoms with E-state index in [-0.39, 0.29) is 30.7 Å². The SMILES string of the molecule is CC(=O)NCCCC(=O)N[C@@H](CCCNC(=N)N[N+](=O)[O-])C(=O)NCCC(C)C. The van der Waals surface area contributed by atoms with E-state index in [0.29, 0.717) is 38.3 Å². The van der Waals surface area contributed by atoms with Gasteiger partial charge >= 0.3 is 0 Å². The van der Waals surface area contributed by atoms with Gasteiger partial charge in [-0.15, -0.1) is 0 Å². The van der Waals surface area contributed by atoms with Crippen LogP contribution in [0.3, 0.4) is 0 Å². The van der Waals surface area contributed by atoms with Gasteiger partial charge in [0.1, 0.15) is 6.04 Å². The molecule has 0 aliphatic carbocycles. The molecule has 0 rings (SSSR count). The van der Waals surface area contributed by atoms with Crippen molar-refractivity contribution in [3.8, 4) is 0 Å². The quantitative estimate of drug-likeness (QED) is 0.0736. The van der Waals surface area contributed by atoms with Crippen LogP contribution in [0.1, 0.15) is 52.9 Å². The van der Waals surface area contributed by atoms with Gasteiger partial charge in [0.2, 0.25) is 17.7 Å². The first-order valence-corrected chi connectivity index (χ1v) is 9.66. The van der Waals surface area contributed by atoms with Crippen LogP contribution in [-0.2, 0) is 14.4 Å². The van der Waals surface area contributed by atoms with E-state index in [4.69, 9.17) is 5.41 Å². The maximum atomic E-state index is 12.4. The number of rotatable bonds is 14. The summed E-state index contributed by atoms with van der Waals surface area (Å²) in [6, 6.07) is -0.741. The minimum absolute atomic E-state index is 0.169. The lowest BCUT2D eigenvalue weighted by molar-refractivity contribution is -0.525. The highest BCUT2D eigenvalue weighted by atomic mass is 16.7. The molecular weight excluding hydrogens is 382 g/mol. The van der Waals surface area contributed by atoms with E-state index >= 15 is 0 Å². The summed E-state index contributed by atoms with van der Waals surface area (Å²) in [6.45, 7) is 6.59. The van der Waals surface area contributed by atoms with Gasteiger partial charge in [-0.3, -0.25) is 19.8 Å². The third kappa shape index (κ3) is 15.8. The fraction of sp³-hybridized carbons (Fsp3) is 0.765. The molecule has 0 aromatic rings. The van der Waals surface area contributed by atoms with Crippen LogP contribution in [0.4, 0.5) is 0 Å². The third-order valence-corrected chi connectivity index (χ3v) is 3.80. The van der Waals surface area contributed by atoms with E-state index in [2.05, 4.69) is 21.3 Å². The van der Waals surface area contributed by atoms with Gasteiger partial charge in [-0.1, -0.05) is 19.3 Å². The van der Waals surface area contributed by atoms with E-state index in [1.807, 2.05) is 13.8 Å². The first kappa shape index (κ1) is 26.1. The number of amides is 3. The number of hydrogen-bond acceptors (Lipinski definition) is 6. The van der Waals surface area contributed by atoms with Crippen LogP contribution < -0.4 is 26.7 Å². The van der Waals surface area contributed by atoms with Crippen LogP contribution in [-0.4, -0.2) is 54.4 Å². The van der Waals surface area contributed by atoms with Crippen molar-refractivity contribution < 1.29 is 19.4 Å². The van der Waals surface area contributed by atoms with Crippen molar-refractivity contribution in [1.29, 1.82) is 5.41 Å². The standard InChI is InChI=1S/C17H33N7O5/c1-12(2)8-11-20-16(27)14(6-4-10-21-17(18)23-24(28)29)22-15(26)7-5-9-19-13(3)25/h12,14H,4-11H2,1-3H3,(H,19,25)(H,20,27)(H,22,26)(H3,18,21,23)/t14-/m0/s1. The number of hydrazine groups is 1. The van der Waals surface area contributed by atoms with E-state index in [0.717, 1.165) is 6.42 Å². The Hall–Kier alpha value is -2.92. The van der Waals surface area contributed by atoms with Crippen LogP contribution in [0, 0.1) is 21.4 Å². The number of guanidine groups is 1. The van der Waals surface area contributed by atoms with Gasteiger partial charge in [-0.05, 0) is 31.6 Å². The zero-order valence-electron chi connectivity index (χ0n) is 17.3. The van der Waals surface area contributed by atoms with Crippen LogP contribution in [0.25, 0.3) is 0 Å². The highest BCUT2D eigenvalue weighted by molar-refractivity contribution is 5.87. The average Bonchev–Trinajstić information content (AvgIpc) is 2.60. The van der Waals surface area contributed by atoms with E-state index < -0.39 is 17.0 Å². The van der Waals surface area contributed by atoms with Crippen molar-refractivity contribution >= 4 is 23.7 Å². The monoisotopic (exact) mass is 415 g/mol. The second-order valence-electron chi connectivity index (χ2n) is 6.99. The lowest BCUT2D eigenvalue weighted by Crippen LogP contribution is -2.47. The Balaban J connectivity index is 4.49. The summed E-state index contributed by atoms with van der Waals surface area (Å²) in [5, 5.41) is 27.3. The molecule has 166 valence electrons. The summed E-state index contributed by atoms with van der Waals surface area (Å²) in [6.07, 6.45) is 2.17. The zero-order valence-corrected chi connectivity index (χ0v) is 17.3. The van der Waals surface area contributed by atoms with Gasteiger partial charge in [-0.25, -0.2) is 10.1 Å². The molecular formula is C17H33N7O5. The molecule has 0 heterocycles. The molecule has 0 saturated carbocycles. The van der Waals surface area contributed by atoms with E-state index in [1.54, 1.807) is 5.43 Å². The maximum absolute atomic E-state index is 12.4. The molecule has 0 saturated heterocycles. The van der Waals surface area contributed by atoms with Crippen molar-refractivity contribution in [3.05, 3.63) is 10.1 Å². The molecule has 0 aliphatic rings. The smallest absolute Gasteiger partial charge is 0.251 e. The zero-order chi connectivity index (χ0) is 22.2. The first-order valence-electron chi connectivity index (χ1n) is 9.66. The highest BCUT2D eigenvalue weighted by Crippen LogP contribution is 2.01. The molecule has 29 heavy (non-hydrogen) atoms. The second-order valence-corrected chi connectivity index (χ2v) is 6.99. The van der Waals surface area contributed by atoms with Gasteiger partial charge in [0.15, 0.2) is 5.03 Å². The Labute approximate surface area is 170 Å². The molecule has 6 N–H and O–H groups in total. The summed E-state index contributed by atoms with van der Waals surface area (Å²) in [7, 11) is 0. The number of nitro groups is 1.